The first-order valence-electron chi connectivity index (χ1n) is 7.39. The summed E-state index contributed by atoms with van der Waals surface area (Å²) in [6.45, 7) is 9.79. The number of carbonyl (C=O) groups is 2. The van der Waals surface area contributed by atoms with Gasteiger partial charge in [-0.05, 0) is 40.0 Å². The van der Waals surface area contributed by atoms with Crippen molar-refractivity contribution in [1.82, 2.24) is 10.2 Å². The van der Waals surface area contributed by atoms with Gasteiger partial charge >= 0.3 is 12.0 Å². The van der Waals surface area contributed by atoms with Crippen LogP contribution in [0.4, 0.5) is 4.79 Å². The molecular formula is C15H30N2O3. The van der Waals surface area contributed by atoms with E-state index in [2.05, 4.69) is 12.2 Å². The number of carboxylic acids is 1. The van der Waals surface area contributed by atoms with E-state index in [1.54, 1.807) is 18.9 Å². The highest BCUT2D eigenvalue weighted by atomic mass is 16.4. The lowest BCUT2D eigenvalue weighted by Gasteiger charge is -2.35. The van der Waals surface area contributed by atoms with E-state index >= 15 is 0 Å². The molecule has 0 aromatic heterocycles. The zero-order valence-electron chi connectivity index (χ0n) is 13.7. The first-order valence-corrected chi connectivity index (χ1v) is 7.39. The Morgan fingerprint density at radius 1 is 1.25 bits per heavy atom. The van der Waals surface area contributed by atoms with Gasteiger partial charge in [0.2, 0.25) is 0 Å². The number of nitrogens with zero attached hydrogens (tertiary/aromatic N) is 1. The van der Waals surface area contributed by atoms with Crippen molar-refractivity contribution in [3.63, 3.8) is 0 Å². The van der Waals surface area contributed by atoms with Crippen LogP contribution in [0, 0.1) is 5.92 Å². The van der Waals surface area contributed by atoms with Gasteiger partial charge in [0.1, 0.15) is 0 Å². The maximum Gasteiger partial charge on any atom is 0.317 e. The van der Waals surface area contributed by atoms with Crippen molar-refractivity contribution < 1.29 is 14.7 Å². The van der Waals surface area contributed by atoms with E-state index in [1.807, 2.05) is 20.8 Å². The first-order chi connectivity index (χ1) is 9.11. The summed E-state index contributed by atoms with van der Waals surface area (Å²) in [7, 11) is 1.80. The van der Waals surface area contributed by atoms with Gasteiger partial charge in [-0.2, -0.15) is 0 Å². The molecule has 0 spiro atoms. The van der Waals surface area contributed by atoms with E-state index in [0.29, 0.717) is 6.42 Å². The Morgan fingerprint density at radius 3 is 2.25 bits per heavy atom. The monoisotopic (exact) mass is 286 g/mol. The highest BCUT2D eigenvalue weighted by molar-refractivity contribution is 5.75. The predicted octanol–water partition coefficient (Wildman–Crippen LogP) is 3.10. The Hall–Kier alpha value is -1.26. The smallest absolute Gasteiger partial charge is 0.317 e. The van der Waals surface area contributed by atoms with Crippen LogP contribution in [0.1, 0.15) is 60.3 Å². The largest absolute Gasteiger partial charge is 0.481 e. The lowest BCUT2D eigenvalue weighted by molar-refractivity contribution is -0.141. The van der Waals surface area contributed by atoms with E-state index in [-0.39, 0.29) is 23.5 Å². The van der Waals surface area contributed by atoms with Crippen LogP contribution in [0.5, 0.6) is 0 Å². The van der Waals surface area contributed by atoms with Crippen LogP contribution in [-0.4, -0.2) is 40.6 Å². The van der Waals surface area contributed by atoms with Gasteiger partial charge in [-0.15, -0.1) is 0 Å². The minimum absolute atomic E-state index is 0.0543. The van der Waals surface area contributed by atoms with Gasteiger partial charge in [0, 0.05) is 18.6 Å². The Bertz CT molecular complexity index is 329. The number of amides is 2. The summed E-state index contributed by atoms with van der Waals surface area (Å²) in [5.41, 5.74) is -0.165. The third kappa shape index (κ3) is 6.26. The first kappa shape index (κ1) is 18.7. The second kappa shape index (κ2) is 8.12. The molecule has 5 nitrogen and oxygen atoms in total. The fourth-order valence-corrected chi connectivity index (χ4v) is 1.75. The predicted molar refractivity (Wildman–Crippen MR) is 80.8 cm³/mol. The molecule has 0 radical (unpaired) electrons. The van der Waals surface area contributed by atoms with Crippen LogP contribution in [0.15, 0.2) is 0 Å². The topological polar surface area (TPSA) is 69.6 Å². The van der Waals surface area contributed by atoms with Crippen molar-refractivity contribution in [2.75, 3.05) is 7.05 Å². The van der Waals surface area contributed by atoms with Crippen LogP contribution >= 0.6 is 0 Å². The molecule has 0 saturated carbocycles. The highest BCUT2D eigenvalue weighted by Crippen LogP contribution is 2.16. The highest BCUT2D eigenvalue weighted by Gasteiger charge is 2.26. The summed E-state index contributed by atoms with van der Waals surface area (Å²) in [5.74, 6) is -1.08. The van der Waals surface area contributed by atoms with Gasteiger partial charge in [0.05, 0.1) is 5.92 Å². The summed E-state index contributed by atoms with van der Waals surface area (Å²) in [4.78, 5) is 24.5. The van der Waals surface area contributed by atoms with Gasteiger partial charge < -0.3 is 15.3 Å². The number of carbonyl (C=O) groups excluding carboxylic acids is 1. The molecule has 0 saturated heterocycles. The van der Waals surface area contributed by atoms with Gasteiger partial charge in [-0.25, -0.2) is 4.79 Å². The molecule has 2 unspecified atom stereocenters. The van der Waals surface area contributed by atoms with Crippen molar-refractivity contribution in [3.8, 4) is 0 Å². The molecule has 0 bridgehead atoms. The molecule has 0 aromatic carbocycles. The third-order valence-corrected chi connectivity index (χ3v) is 4.14. The van der Waals surface area contributed by atoms with Crippen molar-refractivity contribution in [1.29, 1.82) is 0 Å². The molecule has 2 amide bonds. The second-order valence-electron chi connectivity index (χ2n) is 6.25. The zero-order chi connectivity index (χ0) is 15.9. The van der Waals surface area contributed by atoms with Crippen LogP contribution in [0.25, 0.3) is 0 Å². The number of carboxylic acid groups (broad SMARTS) is 1. The van der Waals surface area contributed by atoms with Gasteiger partial charge in [-0.3, -0.25) is 4.79 Å². The van der Waals surface area contributed by atoms with E-state index in [9.17, 15) is 9.59 Å². The van der Waals surface area contributed by atoms with E-state index in [1.165, 1.54) is 0 Å². The molecule has 2 N–H and O–H groups in total. The number of nitrogens with one attached hydrogen (secondary N) is 1. The fourth-order valence-electron chi connectivity index (χ4n) is 1.75. The van der Waals surface area contributed by atoms with Crippen molar-refractivity contribution in [2.24, 2.45) is 5.92 Å². The Morgan fingerprint density at radius 2 is 1.80 bits per heavy atom. The Kier molecular flexibility index (Phi) is 7.61. The van der Waals surface area contributed by atoms with E-state index in [4.69, 9.17) is 5.11 Å². The lowest BCUT2D eigenvalue weighted by Crippen LogP contribution is -2.51. The van der Waals surface area contributed by atoms with Crippen LogP contribution in [-0.2, 0) is 4.79 Å². The van der Waals surface area contributed by atoms with Crippen LogP contribution in [0.2, 0.25) is 0 Å². The molecule has 0 aliphatic rings. The Balaban J connectivity index is 4.12. The standard InChI is InChI=1S/C15H30N2O3/c1-7-15(4,5)17(6)14(20)16-12(3)10-8-9-11(2)13(18)19/h11-12H,7-10H2,1-6H3,(H,16,20)(H,18,19). The number of aliphatic carboxylic acids is 1. The minimum Gasteiger partial charge on any atom is -0.481 e. The van der Waals surface area contributed by atoms with E-state index < -0.39 is 5.97 Å². The van der Waals surface area contributed by atoms with Gasteiger partial charge in [0.25, 0.3) is 0 Å². The van der Waals surface area contributed by atoms with Crippen molar-refractivity contribution in [2.45, 2.75) is 71.9 Å². The molecule has 20 heavy (non-hydrogen) atoms. The fraction of sp³-hybridized carbons (Fsp3) is 0.867. The molecular weight excluding hydrogens is 256 g/mol. The molecule has 0 heterocycles. The van der Waals surface area contributed by atoms with Gasteiger partial charge in [-0.1, -0.05) is 20.3 Å². The SMILES string of the molecule is CCC(C)(C)N(C)C(=O)NC(C)CCCC(C)C(=O)O. The molecule has 2 atom stereocenters. The third-order valence-electron chi connectivity index (χ3n) is 4.14. The number of hydrogen-bond donors (Lipinski definition) is 2. The summed E-state index contributed by atoms with van der Waals surface area (Å²) in [6.07, 6.45) is 3.13. The van der Waals surface area contributed by atoms with Gasteiger partial charge in [0.15, 0.2) is 0 Å². The summed E-state index contributed by atoms with van der Waals surface area (Å²) < 4.78 is 0. The average molecular weight is 286 g/mol. The molecule has 0 aliphatic carbocycles. The van der Waals surface area contributed by atoms with Crippen molar-refractivity contribution >= 4 is 12.0 Å². The molecule has 5 heteroatoms. The molecule has 0 rings (SSSR count). The van der Waals surface area contributed by atoms with Crippen molar-refractivity contribution in [3.05, 3.63) is 0 Å². The number of urea groups is 1. The summed E-state index contributed by atoms with van der Waals surface area (Å²) in [6, 6.07) is -0.0192. The normalized spacial score (nSPS) is 14.5. The molecule has 0 aliphatic heterocycles. The number of rotatable bonds is 8. The molecule has 0 fully saturated rings. The minimum atomic E-state index is -0.758. The number of hydrogen-bond acceptors (Lipinski definition) is 2. The lowest BCUT2D eigenvalue weighted by atomic mass is 10.0. The summed E-state index contributed by atoms with van der Waals surface area (Å²) in [5, 5.41) is 11.8. The van der Waals surface area contributed by atoms with E-state index in [0.717, 1.165) is 19.3 Å². The Labute approximate surface area is 122 Å². The second-order valence-corrected chi connectivity index (χ2v) is 6.25. The quantitative estimate of drug-likeness (QED) is 0.720. The van der Waals surface area contributed by atoms with Crippen LogP contribution < -0.4 is 5.32 Å². The maximum absolute atomic E-state index is 12.1. The zero-order valence-corrected chi connectivity index (χ0v) is 13.7. The molecule has 0 aromatic rings. The molecule has 118 valence electrons. The average Bonchev–Trinajstić information content (AvgIpc) is 2.37. The van der Waals surface area contributed by atoms with Crippen LogP contribution in [0.3, 0.4) is 0 Å². The summed E-state index contributed by atoms with van der Waals surface area (Å²) >= 11 is 0. The maximum atomic E-state index is 12.1.